The lowest BCUT2D eigenvalue weighted by atomic mass is 10.0. The van der Waals surface area contributed by atoms with Gasteiger partial charge in [0.25, 0.3) is 5.69 Å². The van der Waals surface area contributed by atoms with E-state index >= 15 is 0 Å². The Morgan fingerprint density at radius 1 is 1.56 bits per heavy atom. The predicted molar refractivity (Wildman–Crippen MR) is 63.6 cm³/mol. The van der Waals surface area contributed by atoms with E-state index in [-0.39, 0.29) is 16.1 Å². The molecule has 0 aliphatic rings. The number of nitro groups is 1. The van der Waals surface area contributed by atoms with Crippen molar-refractivity contribution >= 4 is 11.5 Å². The van der Waals surface area contributed by atoms with Crippen molar-refractivity contribution in [3.05, 3.63) is 27.9 Å². The fourth-order valence-electron chi connectivity index (χ4n) is 1.21. The molecule has 1 heterocycles. The van der Waals surface area contributed by atoms with E-state index in [2.05, 4.69) is 17.2 Å². The average Bonchev–Trinajstić information content (AvgIpc) is 2.20. The minimum Gasteiger partial charge on any atom is -0.365 e. The van der Waals surface area contributed by atoms with Crippen molar-refractivity contribution in [1.82, 2.24) is 4.98 Å². The number of hydrogen-bond acceptors (Lipinski definition) is 4. The van der Waals surface area contributed by atoms with Gasteiger partial charge in [0.2, 0.25) is 0 Å². The second kappa shape index (κ2) is 4.47. The molecule has 0 unspecified atom stereocenters. The first-order chi connectivity index (χ1) is 7.35. The highest BCUT2D eigenvalue weighted by atomic mass is 16.6. The van der Waals surface area contributed by atoms with Crippen molar-refractivity contribution < 1.29 is 4.92 Å². The smallest absolute Gasteiger partial charge is 0.277 e. The van der Waals surface area contributed by atoms with Crippen LogP contribution in [-0.4, -0.2) is 15.4 Å². The molecule has 5 nitrogen and oxygen atoms in total. The number of hydrogen-bond donors (Lipinski definition) is 1. The Balaban J connectivity index is 3.00. The van der Waals surface area contributed by atoms with Gasteiger partial charge in [-0.1, -0.05) is 6.92 Å². The van der Waals surface area contributed by atoms with Gasteiger partial charge in [-0.25, -0.2) is 4.98 Å². The third-order valence-corrected chi connectivity index (χ3v) is 2.62. The van der Waals surface area contributed by atoms with E-state index in [1.165, 1.54) is 12.3 Å². The van der Waals surface area contributed by atoms with Gasteiger partial charge in [-0.15, -0.1) is 0 Å². The predicted octanol–water partition coefficient (Wildman–Crippen LogP) is 2.90. The monoisotopic (exact) mass is 223 g/mol. The molecule has 0 aromatic carbocycles. The van der Waals surface area contributed by atoms with Crippen LogP contribution in [0.15, 0.2) is 12.3 Å². The first kappa shape index (κ1) is 12.4. The summed E-state index contributed by atoms with van der Waals surface area (Å²) in [5.41, 5.74) is 0.560. The van der Waals surface area contributed by atoms with Crippen LogP contribution < -0.4 is 5.32 Å². The molecule has 0 spiro atoms. The summed E-state index contributed by atoms with van der Waals surface area (Å²) in [6.45, 7) is 7.79. The number of pyridine rings is 1. The molecule has 0 saturated heterocycles. The van der Waals surface area contributed by atoms with Crippen LogP contribution in [0.1, 0.15) is 32.8 Å². The summed E-state index contributed by atoms with van der Waals surface area (Å²) in [6.07, 6.45) is 2.43. The molecule has 1 N–H and O–H groups in total. The summed E-state index contributed by atoms with van der Waals surface area (Å²) in [4.78, 5) is 14.5. The summed E-state index contributed by atoms with van der Waals surface area (Å²) in [5, 5.41) is 13.9. The van der Waals surface area contributed by atoms with Crippen LogP contribution in [0, 0.1) is 17.0 Å². The zero-order chi connectivity index (χ0) is 12.3. The maximum atomic E-state index is 10.8. The summed E-state index contributed by atoms with van der Waals surface area (Å²) in [6, 6.07) is 1.48. The molecular formula is C11H17N3O2. The van der Waals surface area contributed by atoms with Crippen molar-refractivity contribution in [3.63, 3.8) is 0 Å². The minimum atomic E-state index is -0.388. The van der Waals surface area contributed by atoms with Crippen molar-refractivity contribution in [2.24, 2.45) is 0 Å². The van der Waals surface area contributed by atoms with Crippen LogP contribution in [0.2, 0.25) is 0 Å². The maximum absolute atomic E-state index is 10.8. The number of aromatic nitrogens is 1. The summed E-state index contributed by atoms with van der Waals surface area (Å²) in [5.74, 6) is 0.546. The van der Waals surface area contributed by atoms with Gasteiger partial charge in [0.15, 0.2) is 0 Å². The quantitative estimate of drug-likeness (QED) is 0.629. The first-order valence-corrected chi connectivity index (χ1v) is 5.25. The topological polar surface area (TPSA) is 68.1 Å². The van der Waals surface area contributed by atoms with E-state index in [0.717, 1.165) is 6.42 Å². The largest absolute Gasteiger partial charge is 0.365 e. The van der Waals surface area contributed by atoms with Crippen LogP contribution in [0.3, 0.4) is 0 Å². The molecule has 0 aliphatic heterocycles. The van der Waals surface area contributed by atoms with Crippen LogP contribution in [0.5, 0.6) is 0 Å². The summed E-state index contributed by atoms with van der Waals surface area (Å²) in [7, 11) is 0. The molecule has 1 aromatic rings. The van der Waals surface area contributed by atoms with E-state index in [1.807, 2.05) is 13.8 Å². The molecule has 0 aliphatic carbocycles. The standard InChI is InChI=1S/C11H17N3O2/c1-5-11(3,4)13-10-6-9(14(15)16)8(2)7-12-10/h6-7H,5H2,1-4H3,(H,12,13). The summed E-state index contributed by atoms with van der Waals surface area (Å²) < 4.78 is 0. The van der Waals surface area contributed by atoms with Gasteiger partial charge in [-0.3, -0.25) is 10.1 Å². The lowest BCUT2D eigenvalue weighted by Gasteiger charge is -2.25. The minimum absolute atomic E-state index is 0.101. The van der Waals surface area contributed by atoms with Crippen molar-refractivity contribution in [2.45, 2.75) is 39.7 Å². The van der Waals surface area contributed by atoms with E-state index in [1.54, 1.807) is 6.92 Å². The number of nitrogens with zero attached hydrogens (tertiary/aromatic N) is 2. The van der Waals surface area contributed by atoms with E-state index in [4.69, 9.17) is 0 Å². The average molecular weight is 223 g/mol. The molecule has 0 amide bonds. The zero-order valence-electron chi connectivity index (χ0n) is 10.1. The number of nitrogens with one attached hydrogen (secondary N) is 1. The van der Waals surface area contributed by atoms with Crippen LogP contribution in [0.4, 0.5) is 11.5 Å². The third-order valence-electron chi connectivity index (χ3n) is 2.62. The van der Waals surface area contributed by atoms with Crippen molar-refractivity contribution in [3.8, 4) is 0 Å². The SMILES string of the molecule is CCC(C)(C)Nc1cc([N+](=O)[O-])c(C)cn1. The number of anilines is 1. The third kappa shape index (κ3) is 2.92. The first-order valence-electron chi connectivity index (χ1n) is 5.25. The Hall–Kier alpha value is -1.65. The molecule has 88 valence electrons. The van der Waals surface area contributed by atoms with E-state index in [9.17, 15) is 10.1 Å². The Morgan fingerprint density at radius 2 is 2.19 bits per heavy atom. The molecule has 0 fully saturated rings. The highest BCUT2D eigenvalue weighted by Gasteiger charge is 2.18. The lowest BCUT2D eigenvalue weighted by molar-refractivity contribution is -0.385. The lowest BCUT2D eigenvalue weighted by Crippen LogP contribution is -2.30. The van der Waals surface area contributed by atoms with Gasteiger partial charge in [-0.05, 0) is 27.2 Å². The molecule has 1 rings (SSSR count). The van der Waals surface area contributed by atoms with Crippen molar-refractivity contribution in [2.75, 3.05) is 5.32 Å². The second-order valence-electron chi connectivity index (χ2n) is 4.48. The molecular weight excluding hydrogens is 206 g/mol. The fourth-order valence-corrected chi connectivity index (χ4v) is 1.21. The van der Waals surface area contributed by atoms with E-state index in [0.29, 0.717) is 11.4 Å². The Kier molecular flexibility index (Phi) is 3.47. The molecule has 1 aromatic heterocycles. The van der Waals surface area contributed by atoms with Gasteiger partial charge in [0.05, 0.1) is 11.0 Å². The molecule has 0 atom stereocenters. The zero-order valence-corrected chi connectivity index (χ0v) is 10.1. The van der Waals surface area contributed by atoms with Gasteiger partial charge in [-0.2, -0.15) is 0 Å². The number of rotatable bonds is 4. The van der Waals surface area contributed by atoms with Gasteiger partial charge in [0, 0.05) is 17.3 Å². The van der Waals surface area contributed by atoms with Crippen LogP contribution in [0.25, 0.3) is 0 Å². The second-order valence-corrected chi connectivity index (χ2v) is 4.48. The molecule has 16 heavy (non-hydrogen) atoms. The normalized spacial score (nSPS) is 11.2. The van der Waals surface area contributed by atoms with E-state index < -0.39 is 0 Å². The van der Waals surface area contributed by atoms with Gasteiger partial charge >= 0.3 is 0 Å². The number of aryl methyl sites for hydroxylation is 1. The maximum Gasteiger partial charge on any atom is 0.277 e. The van der Waals surface area contributed by atoms with Gasteiger partial charge in [0.1, 0.15) is 5.82 Å². The van der Waals surface area contributed by atoms with Crippen LogP contribution >= 0.6 is 0 Å². The van der Waals surface area contributed by atoms with Crippen molar-refractivity contribution in [1.29, 1.82) is 0 Å². The highest BCUT2D eigenvalue weighted by molar-refractivity contribution is 5.49. The molecule has 5 heteroatoms. The fraction of sp³-hybridized carbons (Fsp3) is 0.545. The summed E-state index contributed by atoms with van der Waals surface area (Å²) >= 11 is 0. The van der Waals surface area contributed by atoms with Gasteiger partial charge < -0.3 is 5.32 Å². The highest BCUT2D eigenvalue weighted by Crippen LogP contribution is 2.22. The molecule has 0 bridgehead atoms. The Labute approximate surface area is 95.0 Å². The van der Waals surface area contributed by atoms with Crippen LogP contribution in [-0.2, 0) is 0 Å². The molecule has 0 radical (unpaired) electrons. The Morgan fingerprint density at radius 3 is 2.69 bits per heavy atom. The molecule has 0 saturated carbocycles. The Bertz CT molecular complexity index is 402.